The lowest BCUT2D eigenvalue weighted by Gasteiger charge is -2.42. The molecule has 3 atom stereocenters. The van der Waals surface area contributed by atoms with Crippen LogP contribution in [-0.4, -0.2) is 50.0 Å². The average Bonchev–Trinajstić information content (AvgIpc) is 2.68. The van der Waals surface area contributed by atoms with Crippen LogP contribution in [0.3, 0.4) is 0 Å². The summed E-state index contributed by atoms with van der Waals surface area (Å²) in [4.78, 5) is 27.2. The number of imide groups is 1. The van der Waals surface area contributed by atoms with Gasteiger partial charge in [0.2, 0.25) is 5.91 Å². The van der Waals surface area contributed by atoms with Crippen LogP contribution in [0.5, 0.6) is 0 Å². The predicted molar refractivity (Wildman–Crippen MR) is 143 cm³/mol. The molecule has 1 aliphatic rings. The minimum absolute atomic E-state index is 0.0421. The maximum absolute atomic E-state index is 13.5. The molecule has 0 spiro atoms. The van der Waals surface area contributed by atoms with E-state index >= 15 is 0 Å². The molecule has 0 radical (unpaired) electrons. The van der Waals surface area contributed by atoms with Gasteiger partial charge in [-0.05, 0) is 63.6 Å². The van der Waals surface area contributed by atoms with Crippen molar-refractivity contribution in [2.24, 2.45) is 23.5 Å². The van der Waals surface area contributed by atoms with Crippen molar-refractivity contribution in [3.8, 4) is 0 Å². The standard InChI is InChI=1S/C27H54N2O4Si/c1-19(2)21(24(30)29(9)25(31)32-26(3,4)5)18-23(33-34(10,11)27(6,7)8)22(28)17-20-15-13-12-14-16-20/h19-23H,12-18,28H2,1-11H3/t21-,22-,23-/m0/s1. The Balaban J connectivity index is 3.13. The summed E-state index contributed by atoms with van der Waals surface area (Å²) in [6.07, 6.45) is 6.95. The normalized spacial score (nSPS) is 19.0. The summed E-state index contributed by atoms with van der Waals surface area (Å²) in [5, 5.41) is 0.0421. The van der Waals surface area contributed by atoms with Crippen LogP contribution in [-0.2, 0) is 14.0 Å². The molecule has 1 saturated carbocycles. The lowest BCUT2D eigenvalue weighted by molar-refractivity contribution is -0.136. The Kier molecular flexibility index (Phi) is 11.3. The monoisotopic (exact) mass is 498 g/mol. The lowest BCUT2D eigenvalue weighted by Crippen LogP contribution is -2.52. The quantitative estimate of drug-likeness (QED) is 0.356. The number of nitrogens with zero attached hydrogens (tertiary/aromatic N) is 1. The van der Waals surface area contributed by atoms with E-state index in [0.717, 1.165) is 11.3 Å². The summed E-state index contributed by atoms with van der Waals surface area (Å²) < 4.78 is 12.3. The third kappa shape index (κ3) is 9.61. The molecular formula is C27H54N2O4Si. The van der Waals surface area contributed by atoms with Gasteiger partial charge in [-0.25, -0.2) is 4.79 Å². The molecule has 0 aromatic heterocycles. The molecule has 1 aliphatic carbocycles. The van der Waals surface area contributed by atoms with Gasteiger partial charge in [0.05, 0.1) is 6.10 Å². The zero-order valence-corrected chi connectivity index (χ0v) is 25.0. The zero-order chi connectivity index (χ0) is 26.5. The third-order valence-corrected chi connectivity index (χ3v) is 12.2. The van der Waals surface area contributed by atoms with Gasteiger partial charge in [0.15, 0.2) is 8.32 Å². The summed E-state index contributed by atoms with van der Waals surface area (Å²) in [7, 11) is -0.599. The fourth-order valence-corrected chi connectivity index (χ4v) is 5.78. The Morgan fingerprint density at radius 3 is 2.00 bits per heavy atom. The minimum atomic E-state index is -2.11. The maximum atomic E-state index is 13.5. The Morgan fingerprint density at radius 1 is 1.03 bits per heavy atom. The van der Waals surface area contributed by atoms with E-state index in [4.69, 9.17) is 14.9 Å². The molecule has 7 heteroatoms. The Hall–Kier alpha value is -0.923. The molecule has 6 nitrogen and oxygen atoms in total. The van der Waals surface area contributed by atoms with Gasteiger partial charge < -0.3 is 14.9 Å². The van der Waals surface area contributed by atoms with Crippen LogP contribution >= 0.6 is 0 Å². The van der Waals surface area contributed by atoms with Crippen LogP contribution in [0.4, 0.5) is 4.79 Å². The number of carbonyl (C=O) groups excluding carboxylic acids is 2. The van der Waals surface area contributed by atoms with Gasteiger partial charge in [0, 0.05) is 19.0 Å². The number of ether oxygens (including phenoxy) is 1. The van der Waals surface area contributed by atoms with E-state index in [0.29, 0.717) is 12.3 Å². The highest BCUT2D eigenvalue weighted by Crippen LogP contribution is 2.39. The highest BCUT2D eigenvalue weighted by atomic mass is 28.4. The van der Waals surface area contributed by atoms with Crippen molar-refractivity contribution in [2.75, 3.05) is 7.05 Å². The van der Waals surface area contributed by atoms with Gasteiger partial charge in [-0.15, -0.1) is 0 Å². The molecule has 0 aromatic carbocycles. The first-order chi connectivity index (χ1) is 15.4. The van der Waals surface area contributed by atoms with Crippen LogP contribution in [0.25, 0.3) is 0 Å². The second-order valence-electron chi connectivity index (χ2n) is 13.3. The smallest absolute Gasteiger partial charge is 0.416 e. The fraction of sp³-hybridized carbons (Fsp3) is 0.926. The van der Waals surface area contributed by atoms with Crippen molar-refractivity contribution in [3.63, 3.8) is 0 Å². The molecule has 200 valence electrons. The number of carbonyl (C=O) groups is 2. The first-order valence-corrected chi connectivity index (χ1v) is 16.2. The first-order valence-electron chi connectivity index (χ1n) is 13.3. The van der Waals surface area contributed by atoms with Crippen molar-refractivity contribution >= 4 is 20.3 Å². The van der Waals surface area contributed by atoms with E-state index in [1.54, 1.807) is 20.8 Å². The minimum Gasteiger partial charge on any atom is -0.443 e. The largest absolute Gasteiger partial charge is 0.443 e. The highest BCUT2D eigenvalue weighted by molar-refractivity contribution is 6.74. The summed E-state index contributed by atoms with van der Waals surface area (Å²) in [5.74, 6) is 0.0827. The average molecular weight is 499 g/mol. The summed E-state index contributed by atoms with van der Waals surface area (Å²) in [6.45, 7) is 20.6. The number of hydrogen-bond donors (Lipinski definition) is 1. The molecule has 1 fully saturated rings. The van der Waals surface area contributed by atoms with Gasteiger partial charge in [0.1, 0.15) is 5.60 Å². The number of rotatable bonds is 9. The number of nitrogens with two attached hydrogens (primary N) is 1. The van der Waals surface area contributed by atoms with Crippen molar-refractivity contribution in [3.05, 3.63) is 0 Å². The molecule has 1 rings (SSSR count). The van der Waals surface area contributed by atoms with Gasteiger partial charge in [0.25, 0.3) is 0 Å². The Labute approximate surface area is 210 Å². The molecule has 0 saturated heterocycles. The van der Waals surface area contributed by atoms with Crippen LogP contribution in [0.15, 0.2) is 0 Å². The Morgan fingerprint density at radius 2 is 1.56 bits per heavy atom. The SMILES string of the molecule is CC(C)[C@H](C[C@H](O[Si](C)(C)C(C)(C)C)[C@@H](N)CC1CCCCC1)C(=O)N(C)C(=O)OC(C)(C)C. The second kappa shape index (κ2) is 12.4. The molecule has 0 bridgehead atoms. The molecule has 2 amide bonds. The van der Waals surface area contributed by atoms with Crippen molar-refractivity contribution in [1.29, 1.82) is 0 Å². The Bertz CT molecular complexity index is 661. The highest BCUT2D eigenvalue weighted by Gasteiger charge is 2.42. The molecule has 2 N–H and O–H groups in total. The van der Waals surface area contributed by atoms with Crippen LogP contribution in [0.2, 0.25) is 18.1 Å². The predicted octanol–water partition coefficient (Wildman–Crippen LogP) is 6.73. The molecular weight excluding hydrogens is 444 g/mol. The molecule has 0 aromatic rings. The van der Waals surface area contributed by atoms with Crippen molar-refractivity contribution in [1.82, 2.24) is 4.90 Å². The topological polar surface area (TPSA) is 81.9 Å². The number of amides is 2. The molecule has 0 unspecified atom stereocenters. The zero-order valence-electron chi connectivity index (χ0n) is 24.0. The van der Waals surface area contributed by atoms with Gasteiger partial charge >= 0.3 is 6.09 Å². The van der Waals surface area contributed by atoms with Gasteiger partial charge in [-0.1, -0.05) is 66.7 Å². The van der Waals surface area contributed by atoms with Gasteiger partial charge in [-0.2, -0.15) is 0 Å². The molecule has 34 heavy (non-hydrogen) atoms. The van der Waals surface area contributed by atoms with E-state index in [1.807, 2.05) is 13.8 Å². The number of hydrogen-bond acceptors (Lipinski definition) is 5. The van der Waals surface area contributed by atoms with E-state index in [-0.39, 0.29) is 34.9 Å². The van der Waals surface area contributed by atoms with Crippen LogP contribution in [0.1, 0.15) is 100 Å². The van der Waals surface area contributed by atoms with E-state index < -0.39 is 20.0 Å². The fourth-order valence-electron chi connectivity index (χ4n) is 4.40. The van der Waals surface area contributed by atoms with Crippen molar-refractivity contribution < 1.29 is 18.8 Å². The van der Waals surface area contributed by atoms with E-state index in [1.165, 1.54) is 39.2 Å². The van der Waals surface area contributed by atoms with E-state index in [9.17, 15) is 9.59 Å². The third-order valence-electron chi connectivity index (χ3n) is 7.67. The summed E-state index contributed by atoms with van der Waals surface area (Å²) in [5.41, 5.74) is 6.19. The van der Waals surface area contributed by atoms with Gasteiger partial charge in [-0.3, -0.25) is 9.69 Å². The van der Waals surface area contributed by atoms with Crippen molar-refractivity contribution in [2.45, 2.75) is 136 Å². The van der Waals surface area contributed by atoms with E-state index in [2.05, 4.69) is 33.9 Å². The second-order valence-corrected chi connectivity index (χ2v) is 18.0. The van der Waals surface area contributed by atoms with Crippen LogP contribution < -0.4 is 5.73 Å². The summed E-state index contributed by atoms with van der Waals surface area (Å²) in [6, 6.07) is -0.127. The first kappa shape index (κ1) is 31.1. The van der Waals surface area contributed by atoms with Crippen LogP contribution in [0, 0.1) is 17.8 Å². The maximum Gasteiger partial charge on any atom is 0.416 e. The lowest BCUT2D eigenvalue weighted by atomic mass is 9.81. The summed E-state index contributed by atoms with van der Waals surface area (Å²) >= 11 is 0. The molecule has 0 heterocycles. The molecule has 0 aliphatic heterocycles.